The van der Waals surface area contributed by atoms with E-state index in [0.717, 1.165) is 16.5 Å². The van der Waals surface area contributed by atoms with Crippen LogP contribution in [0.1, 0.15) is 30.9 Å². The van der Waals surface area contributed by atoms with Gasteiger partial charge in [-0.15, -0.1) is 0 Å². The summed E-state index contributed by atoms with van der Waals surface area (Å²) in [5.74, 6) is -3.69. The van der Waals surface area contributed by atoms with E-state index in [2.05, 4.69) is 25.9 Å². The second kappa shape index (κ2) is 16.0. The Bertz CT molecular complexity index is 1450. The molecule has 0 aliphatic carbocycles. The quantitative estimate of drug-likeness (QED) is 0.0563. The fourth-order valence-corrected chi connectivity index (χ4v) is 4.65. The summed E-state index contributed by atoms with van der Waals surface area (Å²) in [7, 11) is 0. The molecule has 0 saturated carbocycles. The number of nitrogens with two attached hydrogens (primary N) is 3. The Labute approximate surface area is 254 Å². The van der Waals surface area contributed by atoms with E-state index >= 15 is 0 Å². The molecule has 3 amide bonds. The molecule has 0 bridgehead atoms. The van der Waals surface area contributed by atoms with Crippen LogP contribution in [0.15, 0.2) is 65.8 Å². The van der Waals surface area contributed by atoms with Crippen LogP contribution >= 0.6 is 0 Å². The Morgan fingerprint density at radius 2 is 1.55 bits per heavy atom. The highest BCUT2D eigenvalue weighted by atomic mass is 16.4. The lowest BCUT2D eigenvalue weighted by molar-refractivity contribution is -0.142. The minimum Gasteiger partial charge on any atom is -0.480 e. The molecule has 3 rings (SSSR count). The molecule has 0 unspecified atom stereocenters. The first kappa shape index (κ1) is 33.6. The highest BCUT2D eigenvalue weighted by Crippen LogP contribution is 2.19. The molecule has 236 valence electrons. The molecular weight excluding hydrogens is 568 g/mol. The van der Waals surface area contributed by atoms with Crippen molar-refractivity contribution in [2.75, 3.05) is 6.54 Å². The van der Waals surface area contributed by atoms with Crippen LogP contribution in [0.3, 0.4) is 0 Å². The third-order valence-electron chi connectivity index (χ3n) is 6.99. The van der Waals surface area contributed by atoms with Gasteiger partial charge in [0.15, 0.2) is 5.96 Å². The van der Waals surface area contributed by atoms with Crippen molar-refractivity contribution in [1.82, 2.24) is 20.9 Å². The number of rotatable bonds is 16. The molecule has 14 heteroatoms. The third-order valence-corrected chi connectivity index (χ3v) is 6.99. The second-order valence-corrected chi connectivity index (χ2v) is 10.5. The molecule has 44 heavy (non-hydrogen) atoms. The molecule has 0 spiro atoms. The number of aliphatic imine (C=N–C) groups is 1. The molecule has 3 aromatic rings. The number of H-pyrrole nitrogens is 1. The first-order valence-electron chi connectivity index (χ1n) is 14.2. The molecular formula is C30H40N8O6. The molecule has 12 N–H and O–H groups in total. The molecule has 0 radical (unpaired) electrons. The second-order valence-electron chi connectivity index (χ2n) is 10.5. The van der Waals surface area contributed by atoms with Crippen LogP contribution in [0.5, 0.6) is 0 Å². The van der Waals surface area contributed by atoms with Gasteiger partial charge in [0.1, 0.15) is 18.1 Å². The Kier molecular flexibility index (Phi) is 12.2. The van der Waals surface area contributed by atoms with Crippen molar-refractivity contribution in [2.24, 2.45) is 22.2 Å². The molecule has 14 nitrogen and oxygen atoms in total. The number of aromatic nitrogens is 1. The van der Waals surface area contributed by atoms with Gasteiger partial charge in [-0.1, -0.05) is 48.5 Å². The number of hydrogen-bond donors (Lipinski definition) is 9. The fourth-order valence-electron chi connectivity index (χ4n) is 4.65. The van der Waals surface area contributed by atoms with Crippen molar-refractivity contribution < 1.29 is 29.4 Å². The normalized spacial score (nSPS) is 14.4. The van der Waals surface area contributed by atoms with Gasteiger partial charge in [0, 0.05) is 30.1 Å². The summed E-state index contributed by atoms with van der Waals surface area (Å²) < 4.78 is 0. The zero-order valence-corrected chi connectivity index (χ0v) is 24.4. The van der Waals surface area contributed by atoms with Crippen molar-refractivity contribution in [3.05, 3.63) is 71.9 Å². The highest BCUT2D eigenvalue weighted by molar-refractivity contribution is 5.95. The van der Waals surface area contributed by atoms with Crippen LogP contribution < -0.4 is 33.2 Å². The molecule has 0 aliphatic heterocycles. The number of guanidine groups is 1. The Morgan fingerprint density at radius 1 is 0.886 bits per heavy atom. The average molecular weight is 609 g/mol. The minimum atomic E-state index is -1.45. The van der Waals surface area contributed by atoms with Gasteiger partial charge >= 0.3 is 5.97 Å². The van der Waals surface area contributed by atoms with Crippen molar-refractivity contribution in [3.8, 4) is 0 Å². The minimum absolute atomic E-state index is 0.0132. The number of carbonyl (C=O) groups is 4. The maximum atomic E-state index is 13.4. The number of carbonyl (C=O) groups excluding carboxylic acids is 3. The van der Waals surface area contributed by atoms with Gasteiger partial charge in [0.2, 0.25) is 17.7 Å². The molecule has 1 aromatic heterocycles. The van der Waals surface area contributed by atoms with E-state index in [1.807, 2.05) is 24.3 Å². The molecule has 0 aliphatic rings. The zero-order chi connectivity index (χ0) is 32.2. The van der Waals surface area contributed by atoms with Crippen LogP contribution in [-0.4, -0.2) is 81.7 Å². The lowest BCUT2D eigenvalue weighted by atomic mass is 10.0. The number of nitrogens with zero attached hydrogens (tertiary/aromatic N) is 1. The molecule has 1 heterocycles. The standard InChI is InChI=1S/C30H40N8O6/c1-17(39)25(38-26(40)21(31)15-19-16-35-22-11-6-5-10-20(19)22)28(42)37-24(14-18-8-3-2-4-9-18)27(41)36-23(29(43)44)12-7-13-34-30(32)33/h2-6,8-11,16-17,21,23-25,35,39H,7,12-15,31H2,1H3,(H,36,41)(H,37,42)(H,38,40)(H,43,44)(H4,32,33,34)/t17-,21+,23+,24+,25+/m1/s1. The summed E-state index contributed by atoms with van der Waals surface area (Å²) in [6, 6.07) is 11.3. The van der Waals surface area contributed by atoms with Crippen molar-refractivity contribution in [2.45, 2.75) is 62.9 Å². The third kappa shape index (κ3) is 9.81. The van der Waals surface area contributed by atoms with Crippen molar-refractivity contribution in [3.63, 3.8) is 0 Å². The van der Waals surface area contributed by atoms with Gasteiger partial charge < -0.3 is 48.3 Å². The predicted octanol–water partition coefficient (Wildman–Crippen LogP) is -0.746. The Morgan fingerprint density at radius 3 is 2.20 bits per heavy atom. The number of amides is 3. The SMILES string of the molecule is C[C@@H](O)[C@H](NC(=O)[C@@H](N)Cc1c[nH]c2ccccc12)C(=O)N[C@@H](Cc1ccccc1)C(=O)N[C@@H](CCCN=C(N)N)C(=O)O. The predicted molar refractivity (Wildman–Crippen MR) is 165 cm³/mol. The first-order chi connectivity index (χ1) is 21.0. The topological polar surface area (TPSA) is 251 Å². The summed E-state index contributed by atoms with van der Waals surface area (Å²) in [6.45, 7) is 1.49. The van der Waals surface area contributed by atoms with E-state index in [1.165, 1.54) is 6.92 Å². The number of carboxylic acids is 1. The van der Waals surface area contributed by atoms with Gasteiger partial charge in [-0.3, -0.25) is 19.4 Å². The van der Waals surface area contributed by atoms with Gasteiger partial charge in [-0.05, 0) is 43.4 Å². The summed E-state index contributed by atoms with van der Waals surface area (Å²) in [5.41, 5.74) is 19.2. The Balaban J connectivity index is 1.71. The van der Waals surface area contributed by atoms with Crippen LogP contribution in [0.4, 0.5) is 0 Å². The molecule has 0 fully saturated rings. The summed E-state index contributed by atoms with van der Waals surface area (Å²) >= 11 is 0. The highest BCUT2D eigenvalue weighted by Gasteiger charge is 2.32. The number of benzene rings is 2. The monoisotopic (exact) mass is 608 g/mol. The van der Waals surface area contributed by atoms with E-state index < -0.39 is 54.0 Å². The number of aliphatic hydroxyl groups excluding tert-OH is 1. The number of fused-ring (bicyclic) bond motifs is 1. The number of nitrogens with one attached hydrogen (secondary N) is 4. The number of aromatic amines is 1. The van der Waals surface area contributed by atoms with Gasteiger partial charge in [0.05, 0.1) is 12.1 Å². The van der Waals surface area contributed by atoms with E-state index in [4.69, 9.17) is 17.2 Å². The largest absolute Gasteiger partial charge is 0.480 e. The van der Waals surface area contributed by atoms with Crippen LogP contribution in [0.25, 0.3) is 10.9 Å². The maximum Gasteiger partial charge on any atom is 0.326 e. The summed E-state index contributed by atoms with van der Waals surface area (Å²) in [5, 5.41) is 28.5. The van der Waals surface area contributed by atoms with E-state index in [-0.39, 0.29) is 38.2 Å². The average Bonchev–Trinajstić information content (AvgIpc) is 3.39. The first-order valence-corrected chi connectivity index (χ1v) is 14.2. The molecule has 0 saturated heterocycles. The number of aliphatic carboxylic acids is 1. The maximum absolute atomic E-state index is 13.4. The van der Waals surface area contributed by atoms with E-state index in [0.29, 0.717) is 5.56 Å². The number of aliphatic hydroxyl groups is 1. The van der Waals surface area contributed by atoms with Crippen LogP contribution in [0.2, 0.25) is 0 Å². The smallest absolute Gasteiger partial charge is 0.326 e. The van der Waals surface area contributed by atoms with Crippen LogP contribution in [-0.2, 0) is 32.0 Å². The van der Waals surface area contributed by atoms with Gasteiger partial charge in [-0.25, -0.2) is 4.79 Å². The lowest BCUT2D eigenvalue weighted by Crippen LogP contribution is -2.60. The molecule has 2 aromatic carbocycles. The fraction of sp³-hybridized carbons (Fsp3) is 0.367. The van der Waals surface area contributed by atoms with Crippen LogP contribution in [0, 0.1) is 0 Å². The molecule has 5 atom stereocenters. The lowest BCUT2D eigenvalue weighted by Gasteiger charge is -2.26. The van der Waals surface area contributed by atoms with Gasteiger partial charge in [-0.2, -0.15) is 0 Å². The van der Waals surface area contributed by atoms with E-state index in [9.17, 15) is 29.4 Å². The van der Waals surface area contributed by atoms with Crippen molar-refractivity contribution in [1.29, 1.82) is 0 Å². The van der Waals surface area contributed by atoms with Crippen molar-refractivity contribution >= 4 is 40.6 Å². The number of carboxylic acid groups (broad SMARTS) is 1. The van der Waals surface area contributed by atoms with E-state index in [1.54, 1.807) is 36.5 Å². The number of hydrogen-bond acceptors (Lipinski definition) is 7. The zero-order valence-electron chi connectivity index (χ0n) is 24.4. The summed E-state index contributed by atoms with van der Waals surface area (Å²) in [4.78, 5) is 58.5. The summed E-state index contributed by atoms with van der Waals surface area (Å²) in [6.07, 6.45) is 0.906. The Hall–Kier alpha value is -4.95. The van der Waals surface area contributed by atoms with Gasteiger partial charge in [0.25, 0.3) is 0 Å². The number of para-hydroxylation sites is 1.